The predicted molar refractivity (Wildman–Crippen MR) is 133 cm³/mol. The number of unbranched alkanes of at least 4 members (excludes halogenated alkanes) is 1. The molecule has 0 aromatic heterocycles. The lowest BCUT2D eigenvalue weighted by Gasteiger charge is -2.35. The summed E-state index contributed by atoms with van der Waals surface area (Å²) < 4.78 is 5.30. The highest BCUT2D eigenvalue weighted by atomic mass is 16.6. The van der Waals surface area contributed by atoms with E-state index >= 15 is 0 Å². The van der Waals surface area contributed by atoms with Crippen LogP contribution in [0.2, 0.25) is 0 Å². The van der Waals surface area contributed by atoms with Crippen molar-refractivity contribution in [2.45, 2.75) is 97.4 Å². The lowest BCUT2D eigenvalue weighted by molar-refractivity contribution is -0.144. The second-order valence-electron chi connectivity index (χ2n) is 10.2. The number of hydrogen-bond donors (Lipinski definition) is 3. The van der Waals surface area contributed by atoms with Crippen LogP contribution < -0.4 is 16.4 Å². The Hall–Kier alpha value is -3.10. The van der Waals surface area contributed by atoms with Crippen LogP contribution in [0, 0.1) is 13.8 Å². The minimum atomic E-state index is -1.25. The van der Waals surface area contributed by atoms with Crippen LogP contribution in [0.15, 0.2) is 18.2 Å². The molecule has 1 fully saturated rings. The van der Waals surface area contributed by atoms with E-state index in [4.69, 9.17) is 10.5 Å². The second-order valence-corrected chi connectivity index (χ2v) is 10.2. The Balaban J connectivity index is 2.47. The molecule has 2 atom stereocenters. The van der Waals surface area contributed by atoms with Crippen LogP contribution in [-0.4, -0.2) is 52.9 Å². The average Bonchev–Trinajstić information content (AvgIpc) is 3.57. The van der Waals surface area contributed by atoms with Crippen LogP contribution in [-0.2, 0) is 19.1 Å². The van der Waals surface area contributed by atoms with Crippen molar-refractivity contribution in [3.8, 4) is 0 Å². The highest BCUT2D eigenvalue weighted by Gasteiger charge is 2.44. The number of nitrogens with zero attached hydrogens (tertiary/aromatic N) is 1. The van der Waals surface area contributed by atoms with E-state index in [1.807, 2.05) is 39.0 Å². The van der Waals surface area contributed by atoms with Crippen molar-refractivity contribution in [2.75, 3.05) is 6.54 Å². The number of aryl methyl sites for hydroxylation is 1. The molecule has 1 aromatic rings. The van der Waals surface area contributed by atoms with Crippen molar-refractivity contribution in [2.24, 2.45) is 5.73 Å². The fraction of sp³-hybridized carbons (Fsp3) is 0.615. The quantitative estimate of drug-likeness (QED) is 0.412. The Morgan fingerprint density at radius 1 is 1.17 bits per heavy atom. The van der Waals surface area contributed by atoms with Gasteiger partial charge in [0.05, 0.1) is 6.42 Å². The fourth-order valence-corrected chi connectivity index (χ4v) is 3.87. The SMILES string of the molecule is CCCCNC(=O)C(c1cccc(C)c1C)N(C(=O)C(CC(N)=O)NC(=O)OC(C)(C)C)C1CC1. The molecular formula is C26H40N4O5. The highest BCUT2D eigenvalue weighted by Crippen LogP contribution is 2.37. The Kier molecular flexibility index (Phi) is 9.68. The minimum absolute atomic E-state index is 0.180. The first-order chi connectivity index (χ1) is 16.4. The molecule has 1 aromatic carbocycles. The molecule has 0 spiro atoms. The molecule has 1 saturated carbocycles. The van der Waals surface area contributed by atoms with Gasteiger partial charge in [0.25, 0.3) is 0 Å². The molecule has 194 valence electrons. The van der Waals surface area contributed by atoms with Crippen LogP contribution in [0.5, 0.6) is 0 Å². The molecule has 35 heavy (non-hydrogen) atoms. The summed E-state index contributed by atoms with van der Waals surface area (Å²) in [5, 5.41) is 5.47. The zero-order valence-corrected chi connectivity index (χ0v) is 21.8. The standard InChI is InChI=1S/C26H40N4O5/c1-7-8-14-28-23(32)22(19-11-9-10-16(2)17(19)3)30(18-12-13-18)24(33)20(15-21(27)31)29-25(34)35-26(4,5)6/h9-11,18,20,22H,7-8,12-15H2,1-6H3,(H2,27,31)(H,28,32)(H,29,34). The summed E-state index contributed by atoms with van der Waals surface area (Å²) in [6.45, 7) is 11.5. The van der Waals surface area contributed by atoms with Crippen LogP contribution in [0.4, 0.5) is 4.79 Å². The molecule has 0 bridgehead atoms. The van der Waals surface area contributed by atoms with Gasteiger partial charge < -0.3 is 26.0 Å². The number of carbonyl (C=O) groups excluding carboxylic acids is 4. The maximum absolute atomic E-state index is 13.9. The molecule has 0 radical (unpaired) electrons. The van der Waals surface area contributed by atoms with E-state index in [1.54, 1.807) is 20.8 Å². The highest BCUT2D eigenvalue weighted by molar-refractivity contribution is 5.95. The Morgan fingerprint density at radius 3 is 2.37 bits per heavy atom. The van der Waals surface area contributed by atoms with Crippen LogP contribution in [0.1, 0.15) is 82.5 Å². The van der Waals surface area contributed by atoms with E-state index in [9.17, 15) is 19.2 Å². The van der Waals surface area contributed by atoms with E-state index in [0.717, 1.165) is 36.8 Å². The summed E-state index contributed by atoms with van der Waals surface area (Å²) in [5.41, 5.74) is 7.25. The van der Waals surface area contributed by atoms with Crippen molar-refractivity contribution >= 4 is 23.8 Å². The van der Waals surface area contributed by atoms with Crippen molar-refractivity contribution < 1.29 is 23.9 Å². The monoisotopic (exact) mass is 488 g/mol. The van der Waals surface area contributed by atoms with Gasteiger partial charge in [0.15, 0.2) is 0 Å². The second kappa shape index (κ2) is 12.0. The van der Waals surface area contributed by atoms with Gasteiger partial charge in [-0.3, -0.25) is 14.4 Å². The molecule has 0 heterocycles. The molecule has 4 amide bonds. The third kappa shape index (κ3) is 8.26. The number of amides is 4. The van der Waals surface area contributed by atoms with Gasteiger partial charge in [-0.2, -0.15) is 0 Å². The van der Waals surface area contributed by atoms with Crippen molar-refractivity contribution in [3.63, 3.8) is 0 Å². The number of alkyl carbamates (subject to hydrolysis) is 1. The summed E-state index contributed by atoms with van der Waals surface area (Å²) in [5.74, 6) is -1.57. The van der Waals surface area contributed by atoms with Crippen LogP contribution in [0.25, 0.3) is 0 Å². The zero-order valence-electron chi connectivity index (χ0n) is 21.8. The lowest BCUT2D eigenvalue weighted by atomic mass is 9.94. The van der Waals surface area contributed by atoms with E-state index in [-0.39, 0.29) is 11.9 Å². The number of nitrogens with one attached hydrogen (secondary N) is 2. The van der Waals surface area contributed by atoms with Gasteiger partial charge in [-0.15, -0.1) is 0 Å². The molecule has 9 heteroatoms. The fourth-order valence-electron chi connectivity index (χ4n) is 3.87. The largest absolute Gasteiger partial charge is 0.444 e. The van der Waals surface area contributed by atoms with Crippen molar-refractivity contribution in [1.82, 2.24) is 15.5 Å². The first-order valence-electron chi connectivity index (χ1n) is 12.3. The molecule has 9 nitrogen and oxygen atoms in total. The van der Waals surface area contributed by atoms with Gasteiger partial charge in [0, 0.05) is 12.6 Å². The number of rotatable bonds is 11. The first kappa shape index (κ1) is 28.1. The normalized spacial score (nSPS) is 15.0. The molecule has 2 unspecified atom stereocenters. The average molecular weight is 489 g/mol. The maximum atomic E-state index is 13.9. The van der Waals surface area contributed by atoms with Crippen LogP contribution in [0.3, 0.4) is 0 Å². The summed E-state index contributed by atoms with van der Waals surface area (Å²) in [6, 6.07) is 3.33. The number of nitrogens with two attached hydrogens (primary N) is 1. The molecule has 2 rings (SSSR count). The number of hydrogen-bond acceptors (Lipinski definition) is 5. The third-order valence-corrected chi connectivity index (χ3v) is 5.89. The summed E-state index contributed by atoms with van der Waals surface area (Å²) in [6.07, 6.45) is 1.95. The van der Waals surface area contributed by atoms with Gasteiger partial charge in [-0.05, 0) is 70.6 Å². The van der Waals surface area contributed by atoms with Crippen molar-refractivity contribution in [1.29, 1.82) is 0 Å². The Morgan fingerprint density at radius 2 is 1.83 bits per heavy atom. The van der Waals surface area contributed by atoms with Gasteiger partial charge in [-0.25, -0.2) is 4.79 Å². The summed E-state index contributed by atoms with van der Waals surface area (Å²) in [7, 11) is 0. The Bertz CT molecular complexity index is 936. The minimum Gasteiger partial charge on any atom is -0.444 e. The predicted octanol–water partition coefficient (Wildman–Crippen LogP) is 3.02. The number of primary amides is 1. The van der Waals surface area contributed by atoms with E-state index in [2.05, 4.69) is 10.6 Å². The third-order valence-electron chi connectivity index (χ3n) is 5.89. The summed E-state index contributed by atoms with van der Waals surface area (Å²) in [4.78, 5) is 53.2. The van der Waals surface area contributed by atoms with Gasteiger partial charge in [0.2, 0.25) is 17.7 Å². The van der Waals surface area contributed by atoms with E-state index in [0.29, 0.717) is 12.1 Å². The zero-order chi connectivity index (χ0) is 26.3. The smallest absolute Gasteiger partial charge is 0.408 e. The van der Waals surface area contributed by atoms with E-state index < -0.39 is 42.0 Å². The molecule has 1 aliphatic carbocycles. The Labute approximate surface area is 208 Å². The number of benzene rings is 1. The van der Waals surface area contributed by atoms with Gasteiger partial charge in [0.1, 0.15) is 17.7 Å². The summed E-state index contributed by atoms with van der Waals surface area (Å²) >= 11 is 0. The van der Waals surface area contributed by atoms with Crippen molar-refractivity contribution in [3.05, 3.63) is 34.9 Å². The van der Waals surface area contributed by atoms with Crippen LogP contribution >= 0.6 is 0 Å². The molecular weight excluding hydrogens is 448 g/mol. The molecule has 4 N–H and O–H groups in total. The number of ether oxygens (including phenoxy) is 1. The first-order valence-corrected chi connectivity index (χ1v) is 12.3. The molecule has 1 aliphatic rings. The van der Waals surface area contributed by atoms with Gasteiger partial charge >= 0.3 is 6.09 Å². The topological polar surface area (TPSA) is 131 Å². The van der Waals surface area contributed by atoms with E-state index in [1.165, 1.54) is 4.90 Å². The lowest BCUT2D eigenvalue weighted by Crippen LogP contribution is -2.54. The van der Waals surface area contributed by atoms with Gasteiger partial charge in [-0.1, -0.05) is 31.5 Å². The molecule has 0 aliphatic heterocycles. The molecule has 0 saturated heterocycles. The maximum Gasteiger partial charge on any atom is 0.408 e. The number of carbonyl (C=O) groups is 4.